The maximum atomic E-state index is 11.4. The van der Waals surface area contributed by atoms with Crippen LogP contribution in [-0.4, -0.2) is 92.2 Å². The lowest BCUT2D eigenvalue weighted by Crippen LogP contribution is -2.32. The summed E-state index contributed by atoms with van der Waals surface area (Å²) in [6, 6.07) is 5.33. The molecule has 6 N–H and O–H groups in total. The summed E-state index contributed by atoms with van der Waals surface area (Å²) in [7, 11) is -7.78. The Labute approximate surface area is 185 Å². The summed E-state index contributed by atoms with van der Waals surface area (Å²) in [5.74, 6) is 0.177. The Balaban J connectivity index is 2.32. The number of nitrogens with zero attached hydrogens (tertiary/aromatic N) is 4. The smallest absolute Gasteiger partial charge is 0.294 e. The molecule has 1 aromatic heterocycles. The van der Waals surface area contributed by atoms with Crippen LogP contribution in [0.4, 0.5) is 23.5 Å². The Bertz CT molecular complexity index is 1110. The first-order valence-corrected chi connectivity index (χ1v) is 12.6. The Kier molecular flexibility index (Phi) is 9.05. The zero-order valence-electron chi connectivity index (χ0n) is 17.1. The molecule has 0 aliphatic heterocycles. The van der Waals surface area contributed by atoms with Gasteiger partial charge < -0.3 is 25.7 Å². The molecule has 1 aromatic carbocycles. The van der Waals surface area contributed by atoms with Crippen molar-refractivity contribution < 1.29 is 31.6 Å². The molecule has 0 aliphatic rings. The molecule has 2 aromatic rings. The van der Waals surface area contributed by atoms with Gasteiger partial charge in [-0.15, -0.1) is 0 Å². The third-order valence-corrected chi connectivity index (χ3v) is 5.38. The predicted molar refractivity (Wildman–Crippen MR) is 117 cm³/mol. The molecule has 0 spiro atoms. The van der Waals surface area contributed by atoms with Crippen LogP contribution in [0.1, 0.15) is 0 Å². The number of benzene rings is 1. The van der Waals surface area contributed by atoms with Gasteiger partial charge in [0.2, 0.25) is 27.9 Å². The van der Waals surface area contributed by atoms with Crippen molar-refractivity contribution in [1.82, 2.24) is 19.7 Å². The van der Waals surface area contributed by atoms with E-state index in [0.29, 0.717) is 0 Å². The van der Waals surface area contributed by atoms with Gasteiger partial charge in [-0.3, -0.25) is 4.55 Å². The van der Waals surface area contributed by atoms with Crippen molar-refractivity contribution in [3.63, 3.8) is 0 Å². The molecule has 178 valence electrons. The molecule has 2 rings (SSSR count). The summed E-state index contributed by atoms with van der Waals surface area (Å²) in [6.07, 6.45) is 1.03. The molecule has 16 heteroatoms. The summed E-state index contributed by atoms with van der Waals surface area (Å²) >= 11 is 0. The van der Waals surface area contributed by atoms with Gasteiger partial charge in [-0.1, -0.05) is 6.07 Å². The van der Waals surface area contributed by atoms with E-state index in [4.69, 9.17) is 0 Å². The normalized spacial score (nSPS) is 11.9. The lowest BCUT2D eigenvalue weighted by atomic mass is 10.3. The van der Waals surface area contributed by atoms with Crippen molar-refractivity contribution in [3.05, 3.63) is 24.3 Å². The molecule has 0 bridgehead atoms. The van der Waals surface area contributed by atoms with Gasteiger partial charge in [-0.2, -0.15) is 23.4 Å². The average Bonchev–Trinajstić information content (AvgIpc) is 2.70. The number of aliphatic hydroxyl groups excluding tert-OH is 2. The topological polar surface area (TPSA) is 207 Å². The fourth-order valence-corrected chi connectivity index (χ4v) is 3.47. The Morgan fingerprint density at radius 1 is 0.969 bits per heavy atom. The van der Waals surface area contributed by atoms with Crippen molar-refractivity contribution in [2.75, 3.05) is 61.2 Å². The van der Waals surface area contributed by atoms with E-state index in [-0.39, 0.29) is 67.8 Å². The third-order valence-electron chi connectivity index (χ3n) is 3.81. The number of hydrogen-bond acceptors (Lipinski definition) is 12. The van der Waals surface area contributed by atoms with E-state index in [1.54, 1.807) is 0 Å². The van der Waals surface area contributed by atoms with Crippen molar-refractivity contribution in [1.29, 1.82) is 0 Å². The van der Waals surface area contributed by atoms with Gasteiger partial charge in [0.25, 0.3) is 10.1 Å². The fraction of sp³-hybridized carbons (Fsp3) is 0.438. The summed E-state index contributed by atoms with van der Waals surface area (Å²) in [4.78, 5) is 13.8. The monoisotopic (exact) mass is 491 g/mol. The third kappa shape index (κ3) is 8.48. The number of nitrogens with one attached hydrogen (secondary N) is 3. The first kappa shape index (κ1) is 25.6. The zero-order valence-corrected chi connectivity index (χ0v) is 18.8. The van der Waals surface area contributed by atoms with Crippen LogP contribution < -0.4 is 20.3 Å². The quantitative estimate of drug-likeness (QED) is 0.141. The van der Waals surface area contributed by atoms with E-state index in [2.05, 4.69) is 30.3 Å². The largest absolute Gasteiger partial charge is 0.395 e. The van der Waals surface area contributed by atoms with Crippen molar-refractivity contribution in [2.45, 2.75) is 4.90 Å². The Morgan fingerprint density at radius 2 is 1.62 bits per heavy atom. The van der Waals surface area contributed by atoms with Crippen LogP contribution in [0.3, 0.4) is 0 Å². The molecule has 1 heterocycles. The molecule has 0 fully saturated rings. The zero-order chi connectivity index (χ0) is 23.8. The maximum Gasteiger partial charge on any atom is 0.294 e. The molecule has 0 amide bonds. The highest BCUT2D eigenvalue weighted by Gasteiger charge is 2.15. The minimum atomic E-state index is -4.41. The molecular weight excluding hydrogens is 466 g/mol. The van der Waals surface area contributed by atoms with Crippen LogP contribution in [0.25, 0.3) is 0 Å². The molecule has 14 nitrogen and oxygen atoms in total. The van der Waals surface area contributed by atoms with E-state index >= 15 is 0 Å². The molecule has 0 aliphatic carbocycles. The fourth-order valence-electron chi connectivity index (χ4n) is 2.47. The standard InChI is InChI=1S/C16H25N7O7S2/c1-31(26,27)18-6-5-17-14-20-15(22-16(21-14)23(7-9-24)8-10-25)19-12-3-2-4-13(11-12)32(28,29)30/h2-4,11,18,24-25H,5-10H2,1H3,(H,28,29,30)(H2,17,19,20,21,22). The van der Waals surface area contributed by atoms with Crippen LogP contribution in [0.15, 0.2) is 29.2 Å². The number of rotatable bonds is 13. The van der Waals surface area contributed by atoms with Gasteiger partial charge in [0.05, 0.1) is 24.4 Å². The minimum Gasteiger partial charge on any atom is -0.395 e. The van der Waals surface area contributed by atoms with E-state index < -0.39 is 20.1 Å². The highest BCUT2D eigenvalue weighted by atomic mass is 32.2. The highest BCUT2D eigenvalue weighted by molar-refractivity contribution is 7.88. The summed E-state index contributed by atoms with van der Waals surface area (Å²) in [6.45, 7) is -0.00332. The van der Waals surface area contributed by atoms with E-state index in [1.807, 2.05) is 0 Å². The van der Waals surface area contributed by atoms with Crippen molar-refractivity contribution in [3.8, 4) is 0 Å². The molecule has 0 saturated carbocycles. The lowest BCUT2D eigenvalue weighted by molar-refractivity contribution is 0.280. The number of anilines is 4. The first-order valence-electron chi connectivity index (χ1n) is 9.27. The molecule has 0 radical (unpaired) electrons. The maximum absolute atomic E-state index is 11.4. The van der Waals surface area contributed by atoms with Gasteiger partial charge in [-0.05, 0) is 18.2 Å². The molecule has 0 saturated heterocycles. The van der Waals surface area contributed by atoms with Gasteiger partial charge >= 0.3 is 0 Å². The van der Waals surface area contributed by atoms with Crippen molar-refractivity contribution in [2.24, 2.45) is 0 Å². The van der Waals surface area contributed by atoms with Crippen LogP contribution >= 0.6 is 0 Å². The van der Waals surface area contributed by atoms with Crippen LogP contribution in [0.5, 0.6) is 0 Å². The molecule has 0 atom stereocenters. The average molecular weight is 492 g/mol. The minimum absolute atomic E-state index is 0.00180. The first-order chi connectivity index (χ1) is 15.0. The second kappa shape index (κ2) is 11.3. The van der Waals surface area contributed by atoms with E-state index in [0.717, 1.165) is 6.26 Å². The Morgan fingerprint density at radius 3 is 2.22 bits per heavy atom. The SMILES string of the molecule is CS(=O)(=O)NCCNc1nc(Nc2cccc(S(=O)(=O)O)c2)nc(N(CCO)CCO)n1. The van der Waals surface area contributed by atoms with Crippen LogP contribution in [0, 0.1) is 0 Å². The molecule has 0 unspecified atom stereocenters. The second-order valence-corrected chi connectivity index (χ2v) is 9.69. The summed E-state index contributed by atoms with van der Waals surface area (Å²) in [5, 5.41) is 24.2. The predicted octanol–water partition coefficient (Wildman–Crippen LogP) is -1.39. The van der Waals surface area contributed by atoms with Crippen LogP contribution in [0.2, 0.25) is 0 Å². The molecular formula is C16H25N7O7S2. The lowest BCUT2D eigenvalue weighted by Gasteiger charge is -2.21. The number of aromatic nitrogens is 3. The van der Waals surface area contributed by atoms with Gasteiger partial charge in [0, 0.05) is 31.9 Å². The van der Waals surface area contributed by atoms with Crippen molar-refractivity contribution >= 4 is 43.7 Å². The summed E-state index contributed by atoms with van der Waals surface area (Å²) < 4.78 is 56.6. The Hall–Kier alpha value is -2.63. The highest BCUT2D eigenvalue weighted by Crippen LogP contribution is 2.20. The molecule has 32 heavy (non-hydrogen) atoms. The van der Waals surface area contributed by atoms with E-state index in [1.165, 1.54) is 29.2 Å². The number of hydrogen-bond donors (Lipinski definition) is 6. The van der Waals surface area contributed by atoms with E-state index in [9.17, 15) is 31.6 Å². The van der Waals surface area contributed by atoms with Gasteiger partial charge in [0.15, 0.2) is 0 Å². The van der Waals surface area contributed by atoms with Crippen LogP contribution in [-0.2, 0) is 20.1 Å². The summed E-state index contributed by atoms with van der Waals surface area (Å²) in [5.41, 5.74) is 0.262. The van der Waals surface area contributed by atoms with Gasteiger partial charge in [0.1, 0.15) is 0 Å². The number of aliphatic hydroxyl groups is 2. The number of sulfonamides is 1. The van der Waals surface area contributed by atoms with Gasteiger partial charge in [-0.25, -0.2) is 13.1 Å². The second-order valence-electron chi connectivity index (χ2n) is 6.44.